The summed E-state index contributed by atoms with van der Waals surface area (Å²) in [5, 5.41) is 11.4. The lowest BCUT2D eigenvalue weighted by Crippen LogP contribution is -2.41. The van der Waals surface area contributed by atoms with E-state index in [0.717, 1.165) is 0 Å². The van der Waals surface area contributed by atoms with Gasteiger partial charge in [-0.15, -0.1) is 0 Å². The molecule has 0 saturated heterocycles. The summed E-state index contributed by atoms with van der Waals surface area (Å²) in [4.78, 5) is 39.5. The summed E-state index contributed by atoms with van der Waals surface area (Å²) in [5.41, 5.74) is 10.2. The van der Waals surface area contributed by atoms with E-state index >= 15 is 0 Å². The number of aliphatic carboxylic acids is 1. The van der Waals surface area contributed by atoms with Crippen molar-refractivity contribution in [1.29, 1.82) is 0 Å². The highest BCUT2D eigenvalue weighted by Crippen LogP contribution is 2.01. The van der Waals surface area contributed by atoms with Crippen molar-refractivity contribution >= 4 is 24.1 Å². The van der Waals surface area contributed by atoms with Crippen LogP contribution < -0.4 is 16.8 Å². The van der Waals surface area contributed by atoms with Crippen molar-refractivity contribution in [3.8, 4) is 0 Å². The number of hydrogen-bond acceptors (Lipinski definition) is 5. The second-order valence-corrected chi connectivity index (χ2v) is 4.86. The average molecular weight is 325 g/mol. The van der Waals surface area contributed by atoms with Gasteiger partial charge in [0, 0.05) is 20.6 Å². The first-order valence-corrected chi connectivity index (χ1v) is 6.87. The molecule has 0 aliphatic rings. The molecule has 128 valence electrons. The Kier molecular flexibility index (Phi) is 9.49. The lowest BCUT2D eigenvalue weighted by atomic mass is 10.1. The topological polar surface area (TPSA) is 151 Å². The molecular weight excluding hydrogens is 302 g/mol. The Bertz CT molecular complexity index is 507. The largest absolute Gasteiger partial charge is 0.480 e. The first kappa shape index (κ1) is 20.2. The number of aldehydes is 1. The molecule has 0 aromatic heterocycles. The van der Waals surface area contributed by atoms with Crippen molar-refractivity contribution in [2.45, 2.75) is 18.9 Å². The monoisotopic (exact) mass is 325 g/mol. The third-order valence-electron chi connectivity index (χ3n) is 2.60. The predicted octanol–water partition coefficient (Wildman–Crippen LogP) is -1.19. The van der Waals surface area contributed by atoms with Crippen LogP contribution in [0.15, 0.2) is 28.9 Å². The van der Waals surface area contributed by atoms with Crippen molar-refractivity contribution in [1.82, 2.24) is 10.2 Å². The van der Waals surface area contributed by atoms with Crippen LogP contribution in [0.3, 0.4) is 0 Å². The molecule has 0 spiro atoms. The molecule has 0 heterocycles. The molecule has 1 unspecified atom stereocenters. The smallest absolute Gasteiger partial charge is 0.326 e. The lowest BCUT2D eigenvalue weighted by molar-refractivity contribution is -0.141. The molecule has 9 nitrogen and oxygen atoms in total. The molecular formula is C14H23N5O4. The fourth-order valence-electron chi connectivity index (χ4n) is 1.49. The van der Waals surface area contributed by atoms with E-state index in [4.69, 9.17) is 16.6 Å². The summed E-state index contributed by atoms with van der Waals surface area (Å²) in [6.07, 6.45) is 5.33. The second kappa shape index (κ2) is 10.8. The molecule has 0 aromatic carbocycles. The molecule has 0 aromatic rings. The average Bonchev–Trinajstić information content (AvgIpc) is 2.45. The Morgan fingerprint density at radius 1 is 1.35 bits per heavy atom. The summed E-state index contributed by atoms with van der Waals surface area (Å²) in [5.74, 6) is -2.03. The predicted molar refractivity (Wildman–Crippen MR) is 86.5 cm³/mol. The molecule has 0 aliphatic carbocycles. The fraction of sp³-hybridized carbons (Fsp3) is 0.429. The maximum atomic E-state index is 11.9. The Morgan fingerprint density at radius 3 is 2.48 bits per heavy atom. The summed E-state index contributed by atoms with van der Waals surface area (Å²) < 4.78 is 0. The molecule has 23 heavy (non-hydrogen) atoms. The maximum absolute atomic E-state index is 11.9. The summed E-state index contributed by atoms with van der Waals surface area (Å²) >= 11 is 0. The Morgan fingerprint density at radius 2 is 2.00 bits per heavy atom. The third-order valence-corrected chi connectivity index (χ3v) is 2.60. The van der Waals surface area contributed by atoms with Gasteiger partial charge in [0.15, 0.2) is 12.2 Å². The first-order valence-electron chi connectivity index (χ1n) is 6.87. The van der Waals surface area contributed by atoms with Crippen molar-refractivity contribution < 1.29 is 19.5 Å². The van der Waals surface area contributed by atoms with Gasteiger partial charge < -0.3 is 26.8 Å². The zero-order valence-corrected chi connectivity index (χ0v) is 13.2. The molecule has 0 aliphatic heterocycles. The van der Waals surface area contributed by atoms with Gasteiger partial charge in [0.05, 0.1) is 5.57 Å². The number of nitrogens with two attached hydrogens (primary N) is 2. The minimum atomic E-state index is -1.20. The number of rotatable bonds is 10. The van der Waals surface area contributed by atoms with Crippen LogP contribution in [0.25, 0.3) is 0 Å². The van der Waals surface area contributed by atoms with Gasteiger partial charge in [0.1, 0.15) is 6.04 Å². The Balaban J connectivity index is 4.72. The molecule has 0 saturated carbocycles. The number of carboxylic acids is 1. The standard InChI is InChI=1S/C14H23N5O4/c1-19(2)8-4-5-10(9-20)12(21)18-11(13(22)23)6-3-7-17-14(15)16/h4-5,8-9,11H,3,6-7H2,1-2H3,(H,18,21)(H,22,23)(H4,15,16,17)/b8-4-,10-5+. The number of carbonyl (C=O) groups excluding carboxylic acids is 2. The van der Waals surface area contributed by atoms with Crippen molar-refractivity contribution in [3.05, 3.63) is 23.9 Å². The number of nitrogens with zero attached hydrogens (tertiary/aromatic N) is 2. The van der Waals surface area contributed by atoms with Crippen LogP contribution in [0.1, 0.15) is 12.8 Å². The Hall–Kier alpha value is -2.84. The van der Waals surface area contributed by atoms with E-state index < -0.39 is 17.9 Å². The van der Waals surface area contributed by atoms with Crippen LogP contribution >= 0.6 is 0 Å². The number of aliphatic imine (C=N–C) groups is 1. The number of carbonyl (C=O) groups is 3. The maximum Gasteiger partial charge on any atom is 0.326 e. The van der Waals surface area contributed by atoms with E-state index in [1.165, 1.54) is 12.2 Å². The van der Waals surface area contributed by atoms with Gasteiger partial charge in [-0.05, 0) is 31.2 Å². The van der Waals surface area contributed by atoms with Gasteiger partial charge in [-0.25, -0.2) is 4.79 Å². The number of hydrogen-bond donors (Lipinski definition) is 4. The van der Waals surface area contributed by atoms with Crippen LogP contribution in [0.5, 0.6) is 0 Å². The summed E-state index contributed by atoms with van der Waals surface area (Å²) in [6.45, 7) is 0.254. The number of nitrogens with one attached hydrogen (secondary N) is 1. The molecule has 1 atom stereocenters. The number of amides is 1. The fourth-order valence-corrected chi connectivity index (χ4v) is 1.49. The quantitative estimate of drug-likeness (QED) is 0.0576. The summed E-state index contributed by atoms with van der Waals surface area (Å²) in [7, 11) is 3.56. The molecule has 0 rings (SSSR count). The van der Waals surface area contributed by atoms with Crippen LogP contribution in [0.2, 0.25) is 0 Å². The lowest BCUT2D eigenvalue weighted by Gasteiger charge is -2.13. The first-order chi connectivity index (χ1) is 10.8. The number of allylic oxidation sites excluding steroid dienone is 2. The van der Waals surface area contributed by atoms with Crippen LogP contribution in [-0.4, -0.2) is 60.8 Å². The minimum absolute atomic E-state index is 0.0836. The van der Waals surface area contributed by atoms with E-state index in [0.29, 0.717) is 12.7 Å². The van der Waals surface area contributed by atoms with Gasteiger partial charge in [-0.3, -0.25) is 14.6 Å². The minimum Gasteiger partial charge on any atom is -0.480 e. The van der Waals surface area contributed by atoms with Crippen LogP contribution in [0.4, 0.5) is 0 Å². The molecule has 0 fully saturated rings. The van der Waals surface area contributed by atoms with E-state index in [1.54, 1.807) is 25.2 Å². The van der Waals surface area contributed by atoms with Crippen molar-refractivity contribution in [2.24, 2.45) is 16.5 Å². The summed E-state index contributed by atoms with van der Waals surface area (Å²) in [6, 6.07) is -1.13. The molecule has 9 heteroatoms. The zero-order chi connectivity index (χ0) is 17.8. The van der Waals surface area contributed by atoms with Crippen molar-refractivity contribution in [2.75, 3.05) is 20.6 Å². The third kappa shape index (κ3) is 9.67. The second-order valence-electron chi connectivity index (χ2n) is 4.86. The normalized spacial score (nSPS) is 12.5. The highest BCUT2D eigenvalue weighted by molar-refractivity contribution is 6.11. The SMILES string of the molecule is CN(C)/C=C\C=C(/C=O)C(=O)NC(CCCN=C(N)N)C(=O)O. The van der Waals surface area contributed by atoms with E-state index in [-0.39, 0.29) is 24.5 Å². The van der Waals surface area contributed by atoms with Gasteiger partial charge in [-0.1, -0.05) is 0 Å². The number of guanidine groups is 1. The Labute approximate surface area is 134 Å². The number of carboxylic acid groups (broad SMARTS) is 1. The van der Waals surface area contributed by atoms with Gasteiger partial charge in [-0.2, -0.15) is 0 Å². The van der Waals surface area contributed by atoms with Gasteiger partial charge >= 0.3 is 5.97 Å². The molecule has 0 radical (unpaired) electrons. The molecule has 0 bridgehead atoms. The van der Waals surface area contributed by atoms with E-state index in [2.05, 4.69) is 10.3 Å². The van der Waals surface area contributed by atoms with Gasteiger partial charge in [0.25, 0.3) is 5.91 Å². The van der Waals surface area contributed by atoms with Crippen LogP contribution in [-0.2, 0) is 14.4 Å². The highest BCUT2D eigenvalue weighted by Gasteiger charge is 2.20. The molecule has 1 amide bonds. The highest BCUT2D eigenvalue weighted by atomic mass is 16.4. The molecule has 6 N–H and O–H groups in total. The van der Waals surface area contributed by atoms with Crippen LogP contribution in [0, 0.1) is 0 Å². The van der Waals surface area contributed by atoms with E-state index in [1.807, 2.05) is 0 Å². The van der Waals surface area contributed by atoms with Crippen molar-refractivity contribution in [3.63, 3.8) is 0 Å². The van der Waals surface area contributed by atoms with Gasteiger partial charge in [0.2, 0.25) is 0 Å². The zero-order valence-electron chi connectivity index (χ0n) is 13.2. The van der Waals surface area contributed by atoms with E-state index in [9.17, 15) is 14.4 Å².